The van der Waals surface area contributed by atoms with Crippen LogP contribution >= 0.6 is 0 Å². The Morgan fingerprint density at radius 2 is 1.33 bits per heavy atom. The molecule has 1 heterocycles. The van der Waals surface area contributed by atoms with Gasteiger partial charge in [-0.15, -0.1) is 0 Å². The fourth-order valence-corrected chi connectivity index (χ4v) is 4.97. The number of hydrogen-bond donors (Lipinski definition) is 0. The van der Waals surface area contributed by atoms with Crippen LogP contribution in [0.4, 0.5) is 0 Å². The van der Waals surface area contributed by atoms with Crippen LogP contribution in [0.3, 0.4) is 0 Å². The van der Waals surface area contributed by atoms with Crippen LogP contribution in [0, 0.1) is 41.5 Å². The van der Waals surface area contributed by atoms with Gasteiger partial charge in [0.1, 0.15) is 6.33 Å². The molecule has 0 saturated heterocycles. The van der Waals surface area contributed by atoms with E-state index in [1.165, 1.54) is 10.3 Å². The van der Waals surface area contributed by atoms with E-state index in [1.807, 2.05) is 59.7 Å². The highest BCUT2D eigenvalue weighted by Crippen LogP contribution is 2.30. The quantitative estimate of drug-likeness (QED) is 0.704. The number of rotatable bonds is 2. The normalized spacial score (nSPS) is 12.1. The van der Waals surface area contributed by atoms with Crippen molar-refractivity contribution in [2.75, 3.05) is 0 Å². The highest BCUT2D eigenvalue weighted by Gasteiger charge is 2.25. The van der Waals surface area contributed by atoms with E-state index in [2.05, 4.69) is 4.98 Å². The summed E-state index contributed by atoms with van der Waals surface area (Å²) >= 11 is 0. The van der Waals surface area contributed by atoms with Crippen molar-refractivity contribution in [1.29, 1.82) is 0 Å². The summed E-state index contributed by atoms with van der Waals surface area (Å²) in [6, 6.07) is 5.85. The largest absolute Gasteiger partial charge is 0.270 e. The monoisotopic (exact) mass is 342 g/mol. The van der Waals surface area contributed by atoms with Crippen LogP contribution in [-0.4, -0.2) is 17.4 Å². The summed E-state index contributed by atoms with van der Waals surface area (Å²) in [4.78, 5) is 4.69. The first-order valence-corrected chi connectivity index (χ1v) is 9.36. The van der Waals surface area contributed by atoms with Crippen molar-refractivity contribution in [2.24, 2.45) is 0 Å². The second kappa shape index (κ2) is 5.45. The van der Waals surface area contributed by atoms with Crippen LogP contribution in [0.15, 0.2) is 29.4 Å². The molecule has 0 N–H and O–H groups in total. The zero-order valence-electron chi connectivity index (χ0n) is 14.9. The molecular weight excluding hydrogens is 320 g/mol. The molecular formula is C19H22N2O2S. The Balaban J connectivity index is 2.37. The van der Waals surface area contributed by atoms with Gasteiger partial charge >= 0.3 is 0 Å². The lowest BCUT2D eigenvalue weighted by Gasteiger charge is -2.16. The minimum atomic E-state index is -3.70. The highest BCUT2D eigenvalue weighted by molar-refractivity contribution is 7.90. The summed E-state index contributed by atoms with van der Waals surface area (Å²) in [6.45, 7) is 11.6. The summed E-state index contributed by atoms with van der Waals surface area (Å²) in [7, 11) is -3.70. The topological polar surface area (TPSA) is 52.0 Å². The van der Waals surface area contributed by atoms with E-state index in [1.54, 1.807) is 0 Å². The molecule has 0 aliphatic heterocycles. The lowest BCUT2D eigenvalue weighted by molar-refractivity contribution is 0.587. The number of aryl methyl sites for hydroxylation is 4. The van der Waals surface area contributed by atoms with Crippen molar-refractivity contribution in [3.8, 4) is 0 Å². The average molecular weight is 342 g/mol. The summed E-state index contributed by atoms with van der Waals surface area (Å²) in [6.07, 6.45) is 1.41. The van der Waals surface area contributed by atoms with Crippen LogP contribution < -0.4 is 0 Å². The smallest absolute Gasteiger partial charge is 0.236 e. The van der Waals surface area contributed by atoms with Gasteiger partial charge in [0.2, 0.25) is 0 Å². The first kappa shape index (κ1) is 16.7. The molecule has 5 heteroatoms. The van der Waals surface area contributed by atoms with Crippen molar-refractivity contribution in [2.45, 2.75) is 46.4 Å². The summed E-state index contributed by atoms with van der Waals surface area (Å²) < 4.78 is 28.1. The van der Waals surface area contributed by atoms with E-state index >= 15 is 0 Å². The molecule has 1 aromatic heterocycles. The molecule has 0 aliphatic rings. The average Bonchev–Trinajstić information content (AvgIpc) is 2.89. The van der Waals surface area contributed by atoms with Gasteiger partial charge in [0.25, 0.3) is 10.0 Å². The standard InChI is InChI=1S/C19H22N2O2S/c1-11-8-17-18(9-12(11)2)21(10-20-17)24(22,23)19-15(5)13(3)7-14(4)16(19)6/h7-10H,1-6H3. The molecule has 3 aromatic rings. The third-order valence-corrected chi connectivity index (χ3v) is 6.88. The Labute approximate surface area is 143 Å². The van der Waals surface area contributed by atoms with Gasteiger partial charge in [-0.1, -0.05) is 6.07 Å². The minimum absolute atomic E-state index is 0.387. The summed E-state index contributed by atoms with van der Waals surface area (Å²) in [5.41, 5.74) is 7.02. The van der Waals surface area contributed by atoms with Crippen molar-refractivity contribution in [3.05, 3.63) is 57.9 Å². The van der Waals surface area contributed by atoms with E-state index in [0.29, 0.717) is 15.9 Å². The van der Waals surface area contributed by atoms with Crippen molar-refractivity contribution in [3.63, 3.8) is 0 Å². The zero-order valence-corrected chi connectivity index (χ0v) is 15.7. The van der Waals surface area contributed by atoms with E-state index in [4.69, 9.17) is 0 Å². The number of hydrogen-bond acceptors (Lipinski definition) is 3. The molecule has 2 aromatic carbocycles. The molecule has 0 radical (unpaired) electrons. The molecule has 0 aliphatic carbocycles. The maximum atomic E-state index is 13.4. The number of nitrogens with zero attached hydrogens (tertiary/aromatic N) is 2. The lowest BCUT2D eigenvalue weighted by atomic mass is 10.0. The van der Waals surface area contributed by atoms with Crippen LogP contribution in [0.25, 0.3) is 11.0 Å². The molecule has 126 valence electrons. The van der Waals surface area contributed by atoms with Crippen LogP contribution in [-0.2, 0) is 10.0 Å². The van der Waals surface area contributed by atoms with E-state index < -0.39 is 10.0 Å². The Morgan fingerprint density at radius 3 is 1.92 bits per heavy atom. The zero-order chi connectivity index (χ0) is 17.8. The van der Waals surface area contributed by atoms with Gasteiger partial charge in [-0.25, -0.2) is 17.4 Å². The predicted octanol–water partition coefficient (Wildman–Crippen LogP) is 4.12. The summed E-state index contributed by atoms with van der Waals surface area (Å²) in [5.74, 6) is 0. The molecule has 3 rings (SSSR count). The molecule has 0 amide bonds. The fraction of sp³-hybridized carbons (Fsp3) is 0.316. The lowest BCUT2D eigenvalue weighted by Crippen LogP contribution is -2.16. The molecule has 24 heavy (non-hydrogen) atoms. The minimum Gasteiger partial charge on any atom is -0.236 e. The van der Waals surface area contributed by atoms with Gasteiger partial charge in [-0.3, -0.25) is 0 Å². The third kappa shape index (κ3) is 2.35. The van der Waals surface area contributed by atoms with Crippen LogP contribution in [0.5, 0.6) is 0 Å². The number of aromatic nitrogens is 2. The Morgan fingerprint density at radius 1 is 0.792 bits per heavy atom. The van der Waals surface area contributed by atoms with E-state index in [-0.39, 0.29) is 0 Å². The Kier molecular flexibility index (Phi) is 3.79. The van der Waals surface area contributed by atoms with Crippen molar-refractivity contribution < 1.29 is 8.42 Å². The molecule has 0 atom stereocenters. The first-order chi connectivity index (χ1) is 11.1. The molecule has 0 saturated carbocycles. The van der Waals surface area contributed by atoms with E-state index in [9.17, 15) is 8.42 Å². The van der Waals surface area contributed by atoms with Gasteiger partial charge in [-0.2, -0.15) is 0 Å². The van der Waals surface area contributed by atoms with Gasteiger partial charge in [-0.05, 0) is 87.1 Å². The van der Waals surface area contributed by atoms with Crippen LogP contribution in [0.1, 0.15) is 33.4 Å². The van der Waals surface area contributed by atoms with E-state index in [0.717, 1.165) is 33.4 Å². The fourth-order valence-electron chi connectivity index (χ4n) is 3.10. The maximum Gasteiger partial charge on any atom is 0.270 e. The maximum absolute atomic E-state index is 13.4. The number of benzene rings is 2. The second-order valence-electron chi connectivity index (χ2n) is 6.56. The summed E-state index contributed by atoms with van der Waals surface area (Å²) in [5, 5.41) is 0. The van der Waals surface area contributed by atoms with Gasteiger partial charge < -0.3 is 0 Å². The predicted molar refractivity (Wildman–Crippen MR) is 97.2 cm³/mol. The highest BCUT2D eigenvalue weighted by atomic mass is 32.2. The Hall–Kier alpha value is -2.14. The molecule has 4 nitrogen and oxygen atoms in total. The number of fused-ring (bicyclic) bond motifs is 1. The molecule has 0 unspecified atom stereocenters. The van der Waals surface area contributed by atoms with Crippen molar-refractivity contribution in [1.82, 2.24) is 8.96 Å². The Bertz CT molecular complexity index is 1050. The third-order valence-electron chi connectivity index (χ3n) is 4.94. The number of imidazole rings is 1. The molecule has 0 fully saturated rings. The molecule has 0 spiro atoms. The van der Waals surface area contributed by atoms with Crippen molar-refractivity contribution >= 4 is 21.1 Å². The SMILES string of the molecule is Cc1cc2ncn(S(=O)(=O)c3c(C)c(C)cc(C)c3C)c2cc1C. The van der Waals surface area contributed by atoms with Gasteiger partial charge in [0.05, 0.1) is 15.9 Å². The first-order valence-electron chi connectivity index (χ1n) is 7.92. The van der Waals surface area contributed by atoms with Gasteiger partial charge in [0.15, 0.2) is 0 Å². The molecule has 0 bridgehead atoms. The second-order valence-corrected chi connectivity index (χ2v) is 8.31. The van der Waals surface area contributed by atoms with Gasteiger partial charge in [0, 0.05) is 0 Å². The van der Waals surface area contributed by atoms with Crippen LogP contribution in [0.2, 0.25) is 0 Å².